The van der Waals surface area contributed by atoms with Crippen LogP contribution in [0.3, 0.4) is 0 Å². The van der Waals surface area contributed by atoms with E-state index in [4.69, 9.17) is 9.15 Å². The number of fused-ring (bicyclic) bond motifs is 1. The van der Waals surface area contributed by atoms with Crippen LogP contribution < -0.4 is 10.1 Å². The number of hydrogen-bond donors (Lipinski definition) is 1. The number of nitrogens with zero attached hydrogens (tertiary/aromatic N) is 1. The molecule has 0 aliphatic heterocycles. The van der Waals surface area contributed by atoms with Gasteiger partial charge >= 0.3 is 0 Å². The van der Waals surface area contributed by atoms with E-state index in [2.05, 4.69) is 28.5 Å². The molecular weight excluding hydrogens is 348 g/mol. The molecule has 0 fully saturated rings. The molecule has 0 amide bonds. The average Bonchev–Trinajstić information content (AvgIpc) is 3.30. The number of oxazole rings is 1. The molecule has 4 heteroatoms. The molecule has 1 N–H and O–H groups in total. The summed E-state index contributed by atoms with van der Waals surface area (Å²) in [6.07, 6.45) is 4.35. The van der Waals surface area contributed by atoms with Crippen molar-refractivity contribution in [3.05, 3.63) is 71.1 Å². The van der Waals surface area contributed by atoms with Gasteiger partial charge < -0.3 is 14.5 Å². The van der Waals surface area contributed by atoms with Gasteiger partial charge in [0, 0.05) is 12.0 Å². The van der Waals surface area contributed by atoms with Crippen LogP contribution in [0.5, 0.6) is 5.75 Å². The van der Waals surface area contributed by atoms with Crippen molar-refractivity contribution in [1.82, 2.24) is 10.3 Å². The SMILES string of the molecule is CNCCC1CCc2cc(OCCc3nc(-c4ccccc4)oc3C)ccc21. The fraction of sp³-hybridized carbons (Fsp3) is 0.375. The van der Waals surface area contributed by atoms with Crippen molar-refractivity contribution in [2.45, 2.75) is 38.5 Å². The van der Waals surface area contributed by atoms with Crippen LogP contribution in [0.15, 0.2) is 52.9 Å². The van der Waals surface area contributed by atoms with Crippen molar-refractivity contribution < 1.29 is 9.15 Å². The molecule has 1 unspecified atom stereocenters. The zero-order chi connectivity index (χ0) is 19.3. The van der Waals surface area contributed by atoms with Gasteiger partial charge in [-0.2, -0.15) is 0 Å². The van der Waals surface area contributed by atoms with E-state index in [1.165, 1.54) is 24.0 Å². The van der Waals surface area contributed by atoms with E-state index < -0.39 is 0 Å². The summed E-state index contributed by atoms with van der Waals surface area (Å²) in [7, 11) is 2.02. The van der Waals surface area contributed by atoms with E-state index in [9.17, 15) is 0 Å². The Labute approximate surface area is 167 Å². The third-order valence-corrected chi connectivity index (χ3v) is 5.58. The summed E-state index contributed by atoms with van der Waals surface area (Å²) in [6, 6.07) is 16.6. The van der Waals surface area contributed by atoms with Crippen molar-refractivity contribution in [3.63, 3.8) is 0 Å². The summed E-state index contributed by atoms with van der Waals surface area (Å²) < 4.78 is 11.9. The first-order valence-electron chi connectivity index (χ1n) is 10.2. The quantitative estimate of drug-likeness (QED) is 0.607. The Kier molecular flexibility index (Phi) is 5.77. The first-order chi connectivity index (χ1) is 13.7. The van der Waals surface area contributed by atoms with Gasteiger partial charge in [0.15, 0.2) is 0 Å². The fourth-order valence-electron chi connectivity index (χ4n) is 4.02. The molecule has 28 heavy (non-hydrogen) atoms. The Morgan fingerprint density at radius 2 is 2.04 bits per heavy atom. The minimum Gasteiger partial charge on any atom is -0.493 e. The predicted molar refractivity (Wildman–Crippen MR) is 112 cm³/mol. The molecule has 3 aromatic rings. The van der Waals surface area contributed by atoms with E-state index >= 15 is 0 Å². The third kappa shape index (κ3) is 4.12. The van der Waals surface area contributed by atoms with Gasteiger partial charge in [0.2, 0.25) is 5.89 Å². The lowest BCUT2D eigenvalue weighted by molar-refractivity contribution is 0.319. The topological polar surface area (TPSA) is 47.3 Å². The summed E-state index contributed by atoms with van der Waals surface area (Å²) in [5.74, 6) is 3.19. The average molecular weight is 377 g/mol. The number of aromatic nitrogens is 1. The Balaban J connectivity index is 1.35. The third-order valence-electron chi connectivity index (χ3n) is 5.58. The van der Waals surface area contributed by atoms with Crippen LogP contribution in [0.2, 0.25) is 0 Å². The molecular formula is C24H28N2O2. The second-order valence-electron chi connectivity index (χ2n) is 7.47. The van der Waals surface area contributed by atoms with Crippen molar-refractivity contribution in [2.24, 2.45) is 0 Å². The summed E-state index contributed by atoms with van der Waals surface area (Å²) in [4.78, 5) is 4.65. The summed E-state index contributed by atoms with van der Waals surface area (Å²) in [5.41, 5.74) is 4.92. The summed E-state index contributed by atoms with van der Waals surface area (Å²) in [5, 5.41) is 3.26. The second-order valence-corrected chi connectivity index (χ2v) is 7.47. The lowest BCUT2D eigenvalue weighted by Gasteiger charge is -2.12. The van der Waals surface area contributed by atoms with Gasteiger partial charge in [0.1, 0.15) is 11.5 Å². The van der Waals surface area contributed by atoms with Crippen LogP contribution in [-0.4, -0.2) is 25.2 Å². The number of rotatable bonds is 8. The maximum absolute atomic E-state index is 6.03. The Morgan fingerprint density at radius 3 is 2.86 bits per heavy atom. The van der Waals surface area contributed by atoms with Crippen LogP contribution in [0, 0.1) is 6.92 Å². The van der Waals surface area contributed by atoms with Crippen molar-refractivity contribution in [2.75, 3.05) is 20.2 Å². The van der Waals surface area contributed by atoms with Gasteiger partial charge in [-0.3, -0.25) is 0 Å². The number of ether oxygens (including phenoxy) is 1. The monoisotopic (exact) mass is 376 g/mol. The van der Waals surface area contributed by atoms with Crippen molar-refractivity contribution in [3.8, 4) is 17.2 Å². The van der Waals surface area contributed by atoms with Gasteiger partial charge in [-0.25, -0.2) is 4.98 Å². The molecule has 0 saturated carbocycles. The molecule has 1 aromatic heterocycles. The largest absolute Gasteiger partial charge is 0.493 e. The van der Waals surface area contributed by atoms with Crippen LogP contribution in [0.25, 0.3) is 11.5 Å². The van der Waals surface area contributed by atoms with E-state index in [0.717, 1.165) is 42.2 Å². The number of hydrogen-bond acceptors (Lipinski definition) is 4. The van der Waals surface area contributed by atoms with Gasteiger partial charge in [-0.15, -0.1) is 0 Å². The maximum Gasteiger partial charge on any atom is 0.226 e. The first-order valence-corrected chi connectivity index (χ1v) is 10.2. The predicted octanol–water partition coefficient (Wildman–Crippen LogP) is 4.91. The maximum atomic E-state index is 6.03. The van der Waals surface area contributed by atoms with Crippen LogP contribution in [0.4, 0.5) is 0 Å². The van der Waals surface area contributed by atoms with Gasteiger partial charge in [0.25, 0.3) is 0 Å². The molecule has 1 aliphatic rings. The van der Waals surface area contributed by atoms with Crippen LogP contribution in [-0.2, 0) is 12.8 Å². The molecule has 0 radical (unpaired) electrons. The van der Waals surface area contributed by atoms with E-state index in [-0.39, 0.29) is 0 Å². The molecule has 0 bridgehead atoms. The Bertz CT molecular complexity index is 918. The molecule has 1 atom stereocenters. The van der Waals surface area contributed by atoms with Gasteiger partial charge in [-0.05, 0) is 81.1 Å². The molecule has 146 valence electrons. The standard InChI is InChI=1S/C24H28N2O2/c1-17-23(26-24(28-17)19-6-4-3-5-7-19)13-15-27-21-10-11-22-18(12-14-25-2)8-9-20(22)16-21/h3-7,10-11,16,18,25H,8-9,12-15H2,1-2H3. The van der Waals surface area contributed by atoms with Crippen molar-refractivity contribution in [1.29, 1.82) is 0 Å². The van der Waals surface area contributed by atoms with Gasteiger partial charge in [0.05, 0.1) is 12.3 Å². The summed E-state index contributed by atoms with van der Waals surface area (Å²) in [6.45, 7) is 3.64. The van der Waals surface area contributed by atoms with E-state index in [1.54, 1.807) is 0 Å². The highest BCUT2D eigenvalue weighted by molar-refractivity contribution is 5.53. The molecule has 1 aliphatic carbocycles. The zero-order valence-corrected chi connectivity index (χ0v) is 16.7. The van der Waals surface area contributed by atoms with Crippen LogP contribution >= 0.6 is 0 Å². The highest BCUT2D eigenvalue weighted by Gasteiger charge is 2.22. The van der Waals surface area contributed by atoms with Gasteiger partial charge in [-0.1, -0.05) is 24.3 Å². The Morgan fingerprint density at radius 1 is 1.18 bits per heavy atom. The number of aryl methyl sites for hydroxylation is 2. The van der Waals surface area contributed by atoms with Crippen LogP contribution in [0.1, 0.15) is 41.3 Å². The normalized spacial score (nSPS) is 15.6. The number of benzene rings is 2. The Hall–Kier alpha value is -2.59. The zero-order valence-electron chi connectivity index (χ0n) is 16.7. The first kappa shape index (κ1) is 18.8. The molecule has 4 rings (SSSR count). The molecule has 2 aromatic carbocycles. The van der Waals surface area contributed by atoms with E-state index in [1.807, 2.05) is 44.3 Å². The lowest BCUT2D eigenvalue weighted by atomic mass is 9.98. The molecule has 4 nitrogen and oxygen atoms in total. The van der Waals surface area contributed by atoms with E-state index in [0.29, 0.717) is 18.4 Å². The molecule has 0 saturated heterocycles. The molecule has 1 heterocycles. The minimum absolute atomic E-state index is 0.601. The van der Waals surface area contributed by atoms with Crippen molar-refractivity contribution >= 4 is 0 Å². The summed E-state index contributed by atoms with van der Waals surface area (Å²) >= 11 is 0. The molecule has 0 spiro atoms. The highest BCUT2D eigenvalue weighted by Crippen LogP contribution is 2.37. The smallest absolute Gasteiger partial charge is 0.226 e. The highest BCUT2D eigenvalue weighted by atomic mass is 16.5. The number of nitrogens with one attached hydrogen (secondary N) is 1. The second kappa shape index (κ2) is 8.61. The lowest BCUT2D eigenvalue weighted by Crippen LogP contribution is -2.10. The minimum atomic E-state index is 0.601. The fourth-order valence-corrected chi connectivity index (χ4v) is 4.02.